The predicted octanol–water partition coefficient (Wildman–Crippen LogP) is 16.0. The summed E-state index contributed by atoms with van der Waals surface area (Å²) < 4.78 is 12.2. The number of rotatable bonds is 12. The van der Waals surface area contributed by atoms with Gasteiger partial charge in [0.1, 0.15) is 0 Å². The Morgan fingerprint density at radius 3 is 0.819 bits per heavy atom. The van der Waals surface area contributed by atoms with Crippen molar-refractivity contribution in [3.05, 3.63) is 242 Å². The zero-order valence-corrected chi connectivity index (χ0v) is 39.3. The van der Waals surface area contributed by atoms with E-state index in [1.165, 1.54) is 11.1 Å². The van der Waals surface area contributed by atoms with E-state index in [1.54, 1.807) is 0 Å². The number of para-hydroxylation sites is 2. The van der Waals surface area contributed by atoms with Gasteiger partial charge in [-0.05, 0) is 147 Å². The van der Waals surface area contributed by atoms with E-state index in [4.69, 9.17) is 18.8 Å². The number of nitrogens with zero attached hydrogens (tertiary/aromatic N) is 8. The van der Waals surface area contributed by atoms with Gasteiger partial charge in [-0.25, -0.2) is 9.97 Å². The molecule has 9 aromatic carbocycles. The number of aromatic nitrogens is 6. The molecule has 10 nitrogen and oxygen atoms in total. The predicted molar refractivity (Wildman–Crippen MR) is 287 cm³/mol. The monoisotopic (exact) mass is 932 g/mol. The van der Waals surface area contributed by atoms with Gasteiger partial charge in [0.2, 0.25) is 23.6 Å². The largest absolute Gasteiger partial charge is 0.416 e. The van der Waals surface area contributed by atoms with E-state index in [1.807, 2.05) is 109 Å². The Morgan fingerprint density at radius 2 is 0.514 bits per heavy atom. The van der Waals surface area contributed by atoms with Gasteiger partial charge in [-0.15, -0.1) is 20.4 Å². The van der Waals surface area contributed by atoms with Crippen LogP contribution in [0.1, 0.15) is 11.1 Å². The summed E-state index contributed by atoms with van der Waals surface area (Å²) in [6, 6.07) is 78.2. The first-order valence-electron chi connectivity index (χ1n) is 23.7. The Morgan fingerprint density at radius 1 is 0.264 bits per heavy atom. The number of hydrogen-bond acceptors (Lipinski definition) is 10. The smallest absolute Gasteiger partial charge is 0.248 e. The van der Waals surface area contributed by atoms with E-state index in [2.05, 4.69) is 165 Å². The summed E-state index contributed by atoms with van der Waals surface area (Å²) in [5, 5.41) is 17.3. The van der Waals surface area contributed by atoms with Crippen LogP contribution in [0.5, 0.6) is 0 Å². The lowest BCUT2D eigenvalue weighted by molar-refractivity contribution is 0.584. The van der Waals surface area contributed by atoms with Crippen LogP contribution in [0, 0.1) is 13.8 Å². The molecule has 0 aliphatic carbocycles. The first kappa shape index (κ1) is 43.5. The fourth-order valence-corrected chi connectivity index (χ4v) is 8.80. The minimum atomic E-state index is 0.461. The molecule has 0 N–H and O–H groups in total. The van der Waals surface area contributed by atoms with Gasteiger partial charge in [-0.1, -0.05) is 108 Å². The molecule has 10 heteroatoms. The second-order valence-electron chi connectivity index (χ2n) is 17.5. The molecule has 0 amide bonds. The molecular formula is C62H44N8O2. The maximum absolute atomic E-state index is 6.09. The first-order valence-corrected chi connectivity index (χ1v) is 23.7. The molecule has 0 atom stereocenters. The Kier molecular flexibility index (Phi) is 11.4. The SMILES string of the molecule is Cc1ccc(N(c2ccc(-c3nnc(-c4ccccc4)o3)cc2)c2ccc(-c3nc4ccccc4nc3-c3ccc(N(c4ccc(C)cc4)c4ccc(-c5nnc(-c6ccccc6)o5)cc4)cc3)cc2)cc1. The Balaban J connectivity index is 0.867. The van der Waals surface area contributed by atoms with Gasteiger partial charge in [0.25, 0.3) is 0 Å². The molecule has 3 heterocycles. The molecule has 0 radical (unpaired) electrons. The van der Waals surface area contributed by atoms with Gasteiger partial charge in [0, 0.05) is 67.5 Å². The van der Waals surface area contributed by atoms with Crippen molar-refractivity contribution in [2.75, 3.05) is 9.80 Å². The Bertz CT molecular complexity index is 3530. The molecule has 0 fully saturated rings. The second kappa shape index (κ2) is 18.9. The van der Waals surface area contributed by atoms with Crippen molar-refractivity contribution in [3.63, 3.8) is 0 Å². The summed E-state index contributed by atoms with van der Waals surface area (Å²) >= 11 is 0. The summed E-state index contributed by atoms with van der Waals surface area (Å²) in [6.07, 6.45) is 0. The second-order valence-corrected chi connectivity index (χ2v) is 17.5. The van der Waals surface area contributed by atoms with Crippen LogP contribution in [0.4, 0.5) is 34.1 Å². The molecule has 12 aromatic rings. The lowest BCUT2D eigenvalue weighted by Gasteiger charge is -2.26. The van der Waals surface area contributed by atoms with Crippen molar-refractivity contribution in [1.82, 2.24) is 30.4 Å². The van der Waals surface area contributed by atoms with Crippen molar-refractivity contribution in [1.29, 1.82) is 0 Å². The zero-order valence-electron chi connectivity index (χ0n) is 39.3. The summed E-state index contributed by atoms with van der Waals surface area (Å²) in [4.78, 5) is 15.0. The van der Waals surface area contributed by atoms with E-state index >= 15 is 0 Å². The van der Waals surface area contributed by atoms with Crippen LogP contribution < -0.4 is 9.80 Å². The number of anilines is 6. The normalized spacial score (nSPS) is 11.2. The number of aryl methyl sites for hydroxylation is 2. The quantitative estimate of drug-likeness (QED) is 0.117. The molecule has 0 saturated carbocycles. The van der Waals surface area contributed by atoms with Crippen molar-refractivity contribution in [2.45, 2.75) is 13.8 Å². The van der Waals surface area contributed by atoms with Crippen LogP contribution in [-0.4, -0.2) is 30.4 Å². The van der Waals surface area contributed by atoms with Gasteiger partial charge in [0.05, 0.1) is 22.4 Å². The van der Waals surface area contributed by atoms with E-state index in [-0.39, 0.29) is 0 Å². The molecule has 12 rings (SSSR count). The van der Waals surface area contributed by atoms with Gasteiger partial charge in [-0.2, -0.15) is 0 Å². The van der Waals surface area contributed by atoms with Crippen molar-refractivity contribution >= 4 is 45.2 Å². The average Bonchev–Trinajstić information content (AvgIpc) is 4.15. The van der Waals surface area contributed by atoms with Crippen LogP contribution in [0.15, 0.2) is 239 Å². The van der Waals surface area contributed by atoms with E-state index in [9.17, 15) is 0 Å². The van der Waals surface area contributed by atoms with Crippen LogP contribution in [-0.2, 0) is 0 Å². The topological polar surface area (TPSA) is 110 Å². The van der Waals surface area contributed by atoms with Gasteiger partial charge >= 0.3 is 0 Å². The highest BCUT2D eigenvalue weighted by Crippen LogP contribution is 2.41. The fraction of sp³-hybridized carbons (Fsp3) is 0.0323. The Hall–Kier alpha value is -9.80. The summed E-state index contributed by atoms with van der Waals surface area (Å²) in [5.74, 6) is 1.89. The maximum atomic E-state index is 6.09. The van der Waals surface area contributed by atoms with Gasteiger partial charge < -0.3 is 18.6 Å². The number of hydrogen-bond donors (Lipinski definition) is 0. The molecule has 0 aliphatic rings. The summed E-state index contributed by atoms with van der Waals surface area (Å²) in [5.41, 5.74) is 16.9. The molecule has 0 unspecified atom stereocenters. The van der Waals surface area contributed by atoms with Gasteiger partial charge in [-0.3, -0.25) is 0 Å². The molecular weight excluding hydrogens is 889 g/mol. The number of benzene rings is 9. The highest BCUT2D eigenvalue weighted by atomic mass is 16.4. The molecule has 0 spiro atoms. The third kappa shape index (κ3) is 8.76. The molecule has 0 bridgehead atoms. The zero-order chi connectivity index (χ0) is 48.4. The van der Waals surface area contributed by atoms with Crippen LogP contribution in [0.25, 0.3) is 79.4 Å². The van der Waals surface area contributed by atoms with Crippen LogP contribution >= 0.6 is 0 Å². The van der Waals surface area contributed by atoms with Crippen LogP contribution in [0.3, 0.4) is 0 Å². The van der Waals surface area contributed by atoms with Crippen molar-refractivity contribution in [2.24, 2.45) is 0 Å². The molecule has 3 aromatic heterocycles. The first-order chi connectivity index (χ1) is 35.5. The molecule has 0 saturated heterocycles. The fourth-order valence-electron chi connectivity index (χ4n) is 8.80. The molecule has 72 heavy (non-hydrogen) atoms. The lowest BCUT2D eigenvalue weighted by Crippen LogP contribution is -2.10. The third-order valence-electron chi connectivity index (χ3n) is 12.6. The summed E-state index contributed by atoms with van der Waals surface area (Å²) in [6.45, 7) is 4.20. The average molecular weight is 933 g/mol. The molecule has 0 aliphatic heterocycles. The summed E-state index contributed by atoms with van der Waals surface area (Å²) in [7, 11) is 0. The highest BCUT2D eigenvalue weighted by Gasteiger charge is 2.20. The Labute approximate surface area is 416 Å². The molecule has 344 valence electrons. The van der Waals surface area contributed by atoms with E-state index in [0.717, 1.165) is 89.9 Å². The number of fused-ring (bicyclic) bond motifs is 1. The third-order valence-corrected chi connectivity index (χ3v) is 12.6. The van der Waals surface area contributed by atoms with Crippen molar-refractivity contribution in [3.8, 4) is 68.3 Å². The van der Waals surface area contributed by atoms with Crippen molar-refractivity contribution < 1.29 is 8.83 Å². The van der Waals surface area contributed by atoms with Gasteiger partial charge in [0.15, 0.2) is 0 Å². The maximum Gasteiger partial charge on any atom is 0.248 e. The van der Waals surface area contributed by atoms with E-state index in [0.29, 0.717) is 23.6 Å². The minimum Gasteiger partial charge on any atom is -0.416 e. The standard InChI is InChI=1S/C62H44N8O2/c1-41-17-29-49(30-18-41)69(53-37-25-47(26-38-53)61-67-65-59(71-61)45-11-5-3-6-12-45)51-33-21-43(22-34-51)57-58(64-56-16-10-9-15-55(56)63-57)44-23-35-52(36-24-44)70(50-31-19-42(2)20-32-50)54-39-27-48(28-40-54)62-68-66-60(72-62)46-13-7-4-8-14-46/h3-40H,1-2H3. The van der Waals surface area contributed by atoms with Crippen LogP contribution in [0.2, 0.25) is 0 Å². The van der Waals surface area contributed by atoms with E-state index < -0.39 is 0 Å². The lowest BCUT2D eigenvalue weighted by atomic mass is 10.0. The minimum absolute atomic E-state index is 0.461. The highest BCUT2D eigenvalue weighted by molar-refractivity contribution is 5.88.